The van der Waals surface area contributed by atoms with E-state index in [2.05, 4.69) is 5.32 Å². The Labute approximate surface area is 186 Å². The summed E-state index contributed by atoms with van der Waals surface area (Å²) >= 11 is 13.0. The van der Waals surface area contributed by atoms with E-state index < -0.39 is 17.7 Å². The Morgan fingerprint density at radius 2 is 1.87 bits per heavy atom. The molecule has 5 nitrogen and oxygen atoms in total. The van der Waals surface area contributed by atoms with Gasteiger partial charge in [0.05, 0.1) is 11.6 Å². The van der Waals surface area contributed by atoms with Gasteiger partial charge in [-0.05, 0) is 42.8 Å². The molecule has 9 heteroatoms. The Balaban J connectivity index is 1.79. The minimum Gasteiger partial charge on any atom is -0.482 e. The molecule has 0 unspecified atom stereocenters. The largest absolute Gasteiger partial charge is 0.482 e. The van der Waals surface area contributed by atoms with Gasteiger partial charge in [-0.15, -0.1) is 11.3 Å². The maximum Gasteiger partial charge on any atom is 0.341 e. The van der Waals surface area contributed by atoms with Crippen molar-refractivity contribution in [3.8, 4) is 16.9 Å². The van der Waals surface area contributed by atoms with Gasteiger partial charge in [-0.1, -0.05) is 35.3 Å². The number of esters is 1. The Kier molecular flexibility index (Phi) is 7.31. The second-order valence-electron chi connectivity index (χ2n) is 5.99. The van der Waals surface area contributed by atoms with Crippen LogP contribution in [0.1, 0.15) is 17.3 Å². The van der Waals surface area contributed by atoms with Crippen LogP contribution in [-0.4, -0.2) is 25.1 Å². The molecule has 156 valence electrons. The average Bonchev–Trinajstić information content (AvgIpc) is 3.11. The van der Waals surface area contributed by atoms with Crippen molar-refractivity contribution in [3.63, 3.8) is 0 Å². The maximum absolute atomic E-state index is 13.3. The van der Waals surface area contributed by atoms with Crippen LogP contribution in [0.3, 0.4) is 0 Å². The van der Waals surface area contributed by atoms with Gasteiger partial charge in [0.15, 0.2) is 6.61 Å². The number of hydrogen-bond donors (Lipinski definition) is 1. The molecule has 30 heavy (non-hydrogen) atoms. The Morgan fingerprint density at radius 3 is 2.53 bits per heavy atom. The number of ether oxygens (including phenoxy) is 2. The van der Waals surface area contributed by atoms with Gasteiger partial charge >= 0.3 is 5.97 Å². The van der Waals surface area contributed by atoms with Crippen molar-refractivity contribution >= 4 is 51.4 Å². The van der Waals surface area contributed by atoms with Gasteiger partial charge < -0.3 is 14.8 Å². The zero-order valence-electron chi connectivity index (χ0n) is 15.7. The third-order valence-corrected chi connectivity index (χ3v) is 5.36. The van der Waals surface area contributed by atoms with Crippen molar-refractivity contribution < 1.29 is 23.5 Å². The number of anilines is 1. The first kappa shape index (κ1) is 22.1. The molecule has 0 bridgehead atoms. The van der Waals surface area contributed by atoms with Crippen molar-refractivity contribution in [2.24, 2.45) is 0 Å². The van der Waals surface area contributed by atoms with Crippen LogP contribution in [0.2, 0.25) is 10.0 Å². The van der Waals surface area contributed by atoms with E-state index in [0.717, 1.165) is 11.3 Å². The fraction of sp³-hybridized carbons (Fsp3) is 0.143. The van der Waals surface area contributed by atoms with Crippen molar-refractivity contribution in [2.75, 3.05) is 18.5 Å². The Bertz CT molecular complexity index is 1070. The molecule has 3 rings (SSSR count). The normalized spacial score (nSPS) is 10.5. The van der Waals surface area contributed by atoms with E-state index in [1.54, 1.807) is 36.6 Å². The lowest BCUT2D eigenvalue weighted by molar-refractivity contribution is -0.118. The lowest BCUT2D eigenvalue weighted by Gasteiger charge is -2.10. The van der Waals surface area contributed by atoms with Crippen LogP contribution in [0.4, 0.5) is 9.39 Å². The second-order valence-corrected chi connectivity index (χ2v) is 7.72. The second kappa shape index (κ2) is 9.93. The minimum absolute atomic E-state index is 0.170. The van der Waals surface area contributed by atoms with E-state index in [4.69, 9.17) is 32.7 Å². The Hall–Kier alpha value is -2.61. The molecular weight excluding hydrogens is 452 g/mol. The highest BCUT2D eigenvalue weighted by atomic mass is 35.5. The molecule has 0 aliphatic heterocycles. The number of carbonyl (C=O) groups is 2. The standard InChI is InChI=1S/C21H16Cl2FNO4S/c1-2-28-21(27)19-15(12-3-6-14(24)7-4-12)11-30-20(19)25-18(26)10-29-17-8-5-13(22)9-16(17)23/h3-9,11H,2,10H2,1H3,(H,25,26). The van der Waals surface area contributed by atoms with Crippen LogP contribution in [0, 0.1) is 5.82 Å². The molecule has 1 N–H and O–H groups in total. The maximum atomic E-state index is 13.3. The number of nitrogens with one attached hydrogen (secondary N) is 1. The molecule has 0 aliphatic rings. The topological polar surface area (TPSA) is 64.6 Å². The zero-order valence-corrected chi connectivity index (χ0v) is 18.0. The number of rotatable bonds is 7. The molecule has 0 spiro atoms. The van der Waals surface area contributed by atoms with E-state index in [1.165, 1.54) is 18.2 Å². The van der Waals surface area contributed by atoms with Gasteiger partial charge in [0, 0.05) is 16.0 Å². The molecule has 3 aromatic rings. The third kappa shape index (κ3) is 5.30. The summed E-state index contributed by atoms with van der Waals surface area (Å²) in [5.74, 6) is -1.16. The molecular formula is C21H16Cl2FNO4S. The summed E-state index contributed by atoms with van der Waals surface area (Å²) in [5, 5.41) is 5.39. The quantitative estimate of drug-likeness (QED) is 0.429. The number of halogens is 3. The van der Waals surface area contributed by atoms with E-state index in [0.29, 0.717) is 26.9 Å². The fourth-order valence-electron chi connectivity index (χ4n) is 2.60. The van der Waals surface area contributed by atoms with Crippen molar-refractivity contribution in [1.82, 2.24) is 0 Å². The number of hydrogen-bond acceptors (Lipinski definition) is 5. The molecule has 1 amide bonds. The molecule has 0 fully saturated rings. The van der Waals surface area contributed by atoms with Gasteiger partial charge in [-0.25, -0.2) is 9.18 Å². The predicted octanol–water partition coefficient (Wildman–Crippen LogP) is 6.06. The Morgan fingerprint density at radius 1 is 1.13 bits per heavy atom. The lowest BCUT2D eigenvalue weighted by Crippen LogP contribution is -2.21. The monoisotopic (exact) mass is 467 g/mol. The number of thiophene rings is 1. The van der Waals surface area contributed by atoms with E-state index in [1.807, 2.05) is 0 Å². The molecule has 0 saturated heterocycles. The third-order valence-electron chi connectivity index (χ3n) is 3.93. The minimum atomic E-state index is -0.588. The van der Waals surface area contributed by atoms with Gasteiger partial charge in [-0.3, -0.25) is 4.79 Å². The predicted molar refractivity (Wildman–Crippen MR) is 116 cm³/mol. The molecule has 0 aliphatic carbocycles. The smallest absolute Gasteiger partial charge is 0.341 e. The van der Waals surface area contributed by atoms with E-state index in [9.17, 15) is 14.0 Å². The van der Waals surface area contributed by atoms with Crippen LogP contribution in [0.15, 0.2) is 47.8 Å². The number of amides is 1. The lowest BCUT2D eigenvalue weighted by atomic mass is 10.0. The summed E-state index contributed by atoms with van der Waals surface area (Å²) in [6.45, 7) is 1.53. The summed E-state index contributed by atoms with van der Waals surface area (Å²) in [6.07, 6.45) is 0. The van der Waals surface area contributed by atoms with Crippen molar-refractivity contribution in [1.29, 1.82) is 0 Å². The van der Waals surface area contributed by atoms with Crippen LogP contribution >= 0.6 is 34.5 Å². The molecule has 0 saturated carbocycles. The van der Waals surface area contributed by atoms with Crippen LogP contribution < -0.4 is 10.1 Å². The summed E-state index contributed by atoms with van der Waals surface area (Å²) in [7, 11) is 0. The fourth-order valence-corrected chi connectivity index (χ4v) is 4.03. The average molecular weight is 468 g/mol. The van der Waals surface area contributed by atoms with Crippen molar-refractivity contribution in [2.45, 2.75) is 6.92 Å². The molecule has 1 aromatic heterocycles. The molecule has 2 aromatic carbocycles. The van der Waals surface area contributed by atoms with E-state index in [-0.39, 0.29) is 23.8 Å². The highest BCUT2D eigenvalue weighted by molar-refractivity contribution is 7.15. The van der Waals surface area contributed by atoms with Crippen LogP contribution in [0.5, 0.6) is 5.75 Å². The van der Waals surface area contributed by atoms with Crippen LogP contribution in [0.25, 0.3) is 11.1 Å². The molecule has 0 radical (unpaired) electrons. The summed E-state index contributed by atoms with van der Waals surface area (Å²) in [4.78, 5) is 24.9. The van der Waals surface area contributed by atoms with Gasteiger partial charge in [0.25, 0.3) is 5.91 Å². The van der Waals surface area contributed by atoms with E-state index >= 15 is 0 Å². The van der Waals surface area contributed by atoms with Crippen LogP contribution in [-0.2, 0) is 9.53 Å². The van der Waals surface area contributed by atoms with Gasteiger partial charge in [-0.2, -0.15) is 0 Å². The SMILES string of the molecule is CCOC(=O)c1c(-c2ccc(F)cc2)csc1NC(=O)COc1ccc(Cl)cc1Cl. The number of benzene rings is 2. The summed E-state index contributed by atoms with van der Waals surface area (Å²) < 4.78 is 23.8. The van der Waals surface area contributed by atoms with Gasteiger partial charge in [0.1, 0.15) is 22.1 Å². The summed E-state index contributed by atoms with van der Waals surface area (Å²) in [5.41, 5.74) is 1.36. The first-order chi connectivity index (χ1) is 14.4. The molecule has 1 heterocycles. The highest BCUT2D eigenvalue weighted by Gasteiger charge is 2.23. The zero-order chi connectivity index (χ0) is 21.7. The highest BCUT2D eigenvalue weighted by Crippen LogP contribution is 2.36. The summed E-state index contributed by atoms with van der Waals surface area (Å²) in [6, 6.07) is 10.3. The first-order valence-corrected chi connectivity index (χ1v) is 10.4. The first-order valence-electron chi connectivity index (χ1n) is 8.81. The number of carbonyl (C=O) groups excluding carboxylic acids is 2. The molecule has 0 atom stereocenters. The van der Waals surface area contributed by atoms with Gasteiger partial charge in [0.2, 0.25) is 0 Å². The van der Waals surface area contributed by atoms with Crippen molar-refractivity contribution in [3.05, 3.63) is 69.3 Å².